The summed E-state index contributed by atoms with van der Waals surface area (Å²) in [5, 5.41) is 39.6. The molecule has 2 unspecified atom stereocenters. The van der Waals surface area contributed by atoms with Gasteiger partial charge in [-0.1, -0.05) is 18.1 Å². The molecule has 0 saturated carbocycles. The van der Waals surface area contributed by atoms with Gasteiger partial charge in [0.05, 0.1) is 17.4 Å². The Morgan fingerprint density at radius 3 is 2.47 bits per heavy atom. The number of phenols is 2. The number of nitrogens with zero attached hydrogens (tertiary/aromatic N) is 3. The second-order valence-corrected chi connectivity index (χ2v) is 9.04. The minimum atomic E-state index is -0.725. The zero-order chi connectivity index (χ0) is 25.6. The molecule has 0 bridgehead atoms. The Morgan fingerprint density at radius 2 is 1.75 bits per heavy atom. The molecule has 1 aromatic heterocycles. The van der Waals surface area contributed by atoms with Crippen LogP contribution in [0.4, 0.5) is 8.78 Å². The van der Waals surface area contributed by atoms with Crippen LogP contribution in [0, 0.1) is 17.7 Å². The molecule has 0 amide bonds. The van der Waals surface area contributed by atoms with Gasteiger partial charge in [0.15, 0.2) is 5.82 Å². The first-order valence-corrected chi connectivity index (χ1v) is 11.5. The van der Waals surface area contributed by atoms with Gasteiger partial charge in [-0.05, 0) is 78.3 Å². The molecule has 36 heavy (non-hydrogen) atoms. The summed E-state index contributed by atoms with van der Waals surface area (Å²) in [4.78, 5) is 0. The molecule has 185 valence electrons. The summed E-state index contributed by atoms with van der Waals surface area (Å²) in [6.45, 7) is 1.71. The zero-order valence-corrected chi connectivity index (χ0v) is 19.7. The van der Waals surface area contributed by atoms with Gasteiger partial charge in [-0.25, -0.2) is 13.3 Å². The van der Waals surface area contributed by atoms with Crippen LogP contribution < -0.4 is 0 Å². The van der Waals surface area contributed by atoms with Crippen LogP contribution >= 0.6 is 0 Å². The van der Waals surface area contributed by atoms with Gasteiger partial charge in [-0.2, -0.15) is 0 Å². The molecule has 3 aromatic carbocycles. The molecule has 5 rings (SSSR count). The van der Waals surface area contributed by atoms with Crippen LogP contribution in [0.5, 0.6) is 17.5 Å². The number of phenolic OH excluding ortho intramolecular Hbond substituents is 2. The summed E-state index contributed by atoms with van der Waals surface area (Å²) in [5.41, 5.74) is 3.24. The van der Waals surface area contributed by atoms with Gasteiger partial charge < -0.3 is 20.1 Å². The molecule has 1 aliphatic rings. The summed E-state index contributed by atoms with van der Waals surface area (Å²) >= 11 is 0. The Morgan fingerprint density at radius 1 is 1.03 bits per heavy atom. The lowest BCUT2D eigenvalue weighted by Gasteiger charge is -2.17. The predicted octanol–water partition coefficient (Wildman–Crippen LogP) is 4.59. The summed E-state index contributed by atoms with van der Waals surface area (Å²) in [6.07, 6.45) is 1.59. The monoisotopic (exact) mass is 492 g/mol. The third kappa shape index (κ3) is 4.15. The van der Waals surface area contributed by atoms with Crippen molar-refractivity contribution in [2.45, 2.75) is 38.2 Å². The third-order valence-corrected chi connectivity index (χ3v) is 6.75. The number of halogens is 2. The van der Waals surface area contributed by atoms with E-state index in [0.29, 0.717) is 11.3 Å². The van der Waals surface area contributed by atoms with Crippen LogP contribution in [0.2, 0.25) is 0 Å². The maximum Gasteiger partial charge on any atom is 0.319 e. The predicted molar refractivity (Wildman–Crippen MR) is 127 cm³/mol. The standard InChI is InChI=1S/C27H24F2N3O4/c1-14(8-20-22(28)4-3-5-23(20)29)19-12-21(25(34)13-24(19)33)26-30-31-27(35)32(26)17-7-6-15-10-18(36-2)11-16(15)9-17/h4-7,9,12-14,18,33-34H,8,10-11H2,1-2H3,(H,31,35). The van der Waals surface area contributed by atoms with E-state index in [1.807, 2.05) is 18.2 Å². The van der Waals surface area contributed by atoms with Crippen LogP contribution in [-0.2, 0) is 24.0 Å². The number of hydrogen-bond donors (Lipinski definition) is 3. The van der Waals surface area contributed by atoms with E-state index in [9.17, 15) is 24.1 Å². The van der Waals surface area contributed by atoms with Gasteiger partial charge in [0, 0.05) is 18.7 Å². The molecule has 3 N–H and O–H groups in total. The van der Waals surface area contributed by atoms with Crippen molar-refractivity contribution in [3.8, 4) is 34.6 Å². The highest BCUT2D eigenvalue weighted by molar-refractivity contribution is 5.70. The third-order valence-electron chi connectivity index (χ3n) is 6.75. The van der Waals surface area contributed by atoms with E-state index in [2.05, 4.69) is 16.3 Å². The lowest BCUT2D eigenvalue weighted by atomic mass is 9.91. The first kappa shape index (κ1) is 23.7. The minimum absolute atomic E-state index is 0.0342. The van der Waals surface area contributed by atoms with Crippen molar-refractivity contribution < 1.29 is 28.8 Å². The number of aromatic hydroxyl groups is 3. The van der Waals surface area contributed by atoms with Crippen molar-refractivity contribution in [2.24, 2.45) is 0 Å². The molecule has 4 aromatic rings. The van der Waals surface area contributed by atoms with Crippen LogP contribution in [0.3, 0.4) is 0 Å². The normalized spacial score (nSPS) is 15.7. The quantitative estimate of drug-likeness (QED) is 0.364. The van der Waals surface area contributed by atoms with E-state index in [4.69, 9.17) is 4.74 Å². The van der Waals surface area contributed by atoms with E-state index in [1.165, 1.54) is 10.6 Å². The molecular formula is C27H24F2N3O4. The van der Waals surface area contributed by atoms with Gasteiger partial charge in [0.25, 0.3) is 0 Å². The fourth-order valence-corrected chi connectivity index (χ4v) is 4.81. The number of hydrogen-bond acceptors (Lipinski definition) is 6. The summed E-state index contributed by atoms with van der Waals surface area (Å²) < 4.78 is 35.2. The van der Waals surface area contributed by atoms with E-state index in [0.717, 1.165) is 42.2 Å². The van der Waals surface area contributed by atoms with E-state index >= 15 is 0 Å². The number of methoxy groups -OCH3 is 1. The Kier molecular flexibility index (Phi) is 6.09. The molecule has 1 aliphatic carbocycles. The van der Waals surface area contributed by atoms with Crippen LogP contribution in [0.15, 0.2) is 42.5 Å². The first-order chi connectivity index (χ1) is 17.3. The lowest BCUT2D eigenvalue weighted by molar-refractivity contribution is 0.112. The van der Waals surface area contributed by atoms with Crippen molar-refractivity contribution in [2.75, 3.05) is 7.11 Å². The van der Waals surface area contributed by atoms with E-state index < -0.39 is 17.6 Å². The average Bonchev–Trinajstić information content (AvgIpc) is 3.44. The first-order valence-electron chi connectivity index (χ1n) is 11.5. The summed E-state index contributed by atoms with van der Waals surface area (Å²) in [5.74, 6) is -2.34. The van der Waals surface area contributed by atoms with Gasteiger partial charge >= 0.3 is 6.01 Å². The van der Waals surface area contributed by atoms with Crippen molar-refractivity contribution >= 4 is 0 Å². The fourth-order valence-electron chi connectivity index (χ4n) is 4.81. The Bertz CT molecular complexity index is 1430. The van der Waals surface area contributed by atoms with E-state index in [1.54, 1.807) is 14.0 Å². The number of aromatic nitrogens is 3. The van der Waals surface area contributed by atoms with E-state index in [-0.39, 0.29) is 47.0 Å². The topological polar surface area (TPSA) is 101 Å². The van der Waals surface area contributed by atoms with Gasteiger partial charge in [0.1, 0.15) is 23.1 Å². The Balaban J connectivity index is 1.55. The molecule has 0 aliphatic heterocycles. The second-order valence-electron chi connectivity index (χ2n) is 9.04. The second kappa shape index (κ2) is 9.23. The number of benzene rings is 3. The maximum absolute atomic E-state index is 14.2. The zero-order valence-electron chi connectivity index (χ0n) is 19.7. The molecule has 2 atom stereocenters. The van der Waals surface area contributed by atoms with Crippen LogP contribution in [-0.4, -0.2) is 43.3 Å². The lowest BCUT2D eigenvalue weighted by Crippen LogP contribution is -2.08. The smallest absolute Gasteiger partial charge is 0.319 e. The SMILES string of the molecule is COC1Cc2ccc(-n3c(O)nnc3-c3cc(C(C)Cc4c(F)c[c]cc4F)c(O)cc3O)cc2C1. The number of fused-ring (bicyclic) bond motifs is 1. The molecule has 1 radical (unpaired) electrons. The summed E-state index contributed by atoms with van der Waals surface area (Å²) in [6, 6.07) is 12.5. The maximum atomic E-state index is 14.2. The highest BCUT2D eigenvalue weighted by Gasteiger charge is 2.25. The molecule has 0 saturated heterocycles. The van der Waals surface area contributed by atoms with Crippen molar-refractivity contribution in [3.05, 3.63) is 82.4 Å². The Labute approximate surface area is 206 Å². The molecule has 1 heterocycles. The van der Waals surface area contributed by atoms with Crippen LogP contribution in [0.1, 0.15) is 35.1 Å². The highest BCUT2D eigenvalue weighted by atomic mass is 19.1. The fraction of sp³-hybridized carbons (Fsp3) is 0.259. The highest BCUT2D eigenvalue weighted by Crippen LogP contribution is 2.40. The van der Waals surface area contributed by atoms with Gasteiger partial charge in [0.2, 0.25) is 0 Å². The van der Waals surface area contributed by atoms with Gasteiger partial charge in [-0.15, -0.1) is 5.10 Å². The molecule has 0 spiro atoms. The van der Waals surface area contributed by atoms with Crippen molar-refractivity contribution in [1.29, 1.82) is 0 Å². The Hall–Kier alpha value is -3.98. The van der Waals surface area contributed by atoms with Crippen molar-refractivity contribution in [1.82, 2.24) is 14.8 Å². The number of ether oxygens (including phenoxy) is 1. The molecule has 0 fully saturated rings. The molecule has 9 heteroatoms. The van der Waals surface area contributed by atoms with Crippen LogP contribution in [0.25, 0.3) is 17.1 Å². The number of rotatable bonds is 6. The van der Waals surface area contributed by atoms with Gasteiger partial charge in [-0.3, -0.25) is 0 Å². The molecule has 7 nitrogen and oxygen atoms in total. The minimum Gasteiger partial charge on any atom is -0.508 e. The summed E-state index contributed by atoms with van der Waals surface area (Å²) in [7, 11) is 1.67. The average molecular weight is 493 g/mol. The molecular weight excluding hydrogens is 468 g/mol. The largest absolute Gasteiger partial charge is 0.508 e. The van der Waals surface area contributed by atoms with Crippen molar-refractivity contribution in [3.63, 3.8) is 0 Å².